The number of allylic oxidation sites excluding steroid dienone is 19. The summed E-state index contributed by atoms with van der Waals surface area (Å²) in [7, 11) is 0. The Labute approximate surface area is 418 Å². The number of furan rings is 1. The molecule has 4 heteroatoms. The van der Waals surface area contributed by atoms with Crippen molar-refractivity contribution in [2.45, 2.75) is 152 Å². The molecule has 2 saturated heterocycles. The van der Waals surface area contributed by atoms with E-state index in [1.165, 1.54) is 118 Å². The highest BCUT2D eigenvalue weighted by Crippen LogP contribution is 2.57. The van der Waals surface area contributed by atoms with Crippen LogP contribution in [0.3, 0.4) is 0 Å². The van der Waals surface area contributed by atoms with E-state index in [1.807, 2.05) is 5.57 Å². The van der Waals surface area contributed by atoms with E-state index >= 15 is 0 Å². The Morgan fingerprint density at radius 2 is 1.27 bits per heavy atom. The van der Waals surface area contributed by atoms with Crippen molar-refractivity contribution in [3.8, 4) is 0 Å². The number of likely N-dealkylation sites (tertiary alicyclic amines) is 2. The van der Waals surface area contributed by atoms with Crippen LogP contribution in [0.15, 0.2) is 160 Å². The second-order valence-electron chi connectivity index (χ2n) is 24.2. The molecule has 1 aromatic rings. The molecule has 15 unspecified atom stereocenters. The van der Waals surface area contributed by atoms with E-state index in [-0.39, 0.29) is 0 Å². The minimum absolute atomic E-state index is 0.471. The molecule has 1 aromatic heterocycles. The summed E-state index contributed by atoms with van der Waals surface area (Å²) in [4.78, 5) is 8.66. The lowest BCUT2D eigenvalue weighted by Gasteiger charge is -2.41. The first-order chi connectivity index (χ1) is 34.7. The smallest absolute Gasteiger partial charge is 0.130 e. The van der Waals surface area contributed by atoms with Gasteiger partial charge in [0, 0.05) is 51.8 Å². The van der Waals surface area contributed by atoms with Crippen LogP contribution in [0.1, 0.15) is 120 Å². The SMILES string of the molecule is C1=CCCC(N2C3=C(CCC=C3)C3CC(C4C=CC5C(C4)C4CC(C6C=C7C8CCC=CC8N(C8=CC=CCC8)C7CC6)C=CC4N5C4=CC=CC(C5C=c6c7c(oc6=CC5)CCCC7)C4)C=CC32)=C1. The summed E-state index contributed by atoms with van der Waals surface area (Å²) in [5.74, 6) is 7.50. The van der Waals surface area contributed by atoms with Crippen LogP contribution in [0.5, 0.6) is 0 Å². The maximum atomic E-state index is 6.47. The molecule has 4 heterocycles. The van der Waals surface area contributed by atoms with Crippen LogP contribution in [-0.4, -0.2) is 44.9 Å². The quantitative estimate of drug-likeness (QED) is 0.265. The van der Waals surface area contributed by atoms with Crippen LogP contribution >= 0.6 is 0 Å². The summed E-state index contributed by atoms with van der Waals surface area (Å²) in [6.07, 6.45) is 79.5. The van der Waals surface area contributed by atoms with E-state index in [1.54, 1.807) is 17.0 Å². The number of rotatable bonds is 6. The summed E-state index contributed by atoms with van der Waals surface area (Å²) >= 11 is 0. The van der Waals surface area contributed by atoms with Gasteiger partial charge in [-0.2, -0.15) is 0 Å². The van der Waals surface area contributed by atoms with Gasteiger partial charge in [0.15, 0.2) is 0 Å². The largest absolute Gasteiger partial charge is 0.461 e. The van der Waals surface area contributed by atoms with E-state index in [0.717, 1.165) is 37.5 Å². The van der Waals surface area contributed by atoms with Crippen LogP contribution in [0.2, 0.25) is 0 Å². The van der Waals surface area contributed by atoms with Crippen LogP contribution in [0.4, 0.5) is 0 Å². The average molecular weight is 926 g/mol. The zero-order valence-corrected chi connectivity index (χ0v) is 41.5. The third kappa shape index (κ3) is 6.94. The Morgan fingerprint density at radius 1 is 0.514 bits per heavy atom. The van der Waals surface area contributed by atoms with E-state index in [2.05, 4.69) is 148 Å². The van der Waals surface area contributed by atoms with Gasteiger partial charge in [0.2, 0.25) is 0 Å². The zero-order valence-electron chi connectivity index (χ0n) is 41.5. The molecule has 70 heavy (non-hydrogen) atoms. The van der Waals surface area contributed by atoms with Crippen molar-refractivity contribution in [1.82, 2.24) is 14.7 Å². The van der Waals surface area contributed by atoms with E-state index < -0.39 is 0 Å². The van der Waals surface area contributed by atoms with Crippen molar-refractivity contribution in [3.63, 3.8) is 0 Å². The van der Waals surface area contributed by atoms with E-state index in [9.17, 15) is 0 Å². The Morgan fingerprint density at radius 3 is 2.10 bits per heavy atom. The molecule has 11 aliphatic carbocycles. The molecule has 0 saturated carbocycles. The fourth-order valence-corrected chi connectivity index (χ4v) is 17.7. The molecule has 0 radical (unpaired) electrons. The minimum atomic E-state index is 0.471. The van der Waals surface area contributed by atoms with Gasteiger partial charge in [-0.3, -0.25) is 0 Å². The number of fused-ring (bicyclic) bond motifs is 11. The Kier molecular flexibility index (Phi) is 10.6. The molecule has 0 spiro atoms. The summed E-state index contributed by atoms with van der Waals surface area (Å²) < 4.78 is 6.47. The minimum Gasteiger partial charge on any atom is -0.461 e. The highest BCUT2D eigenvalue weighted by molar-refractivity contribution is 5.47. The van der Waals surface area contributed by atoms with Crippen LogP contribution in [-0.2, 0) is 12.8 Å². The second-order valence-corrected chi connectivity index (χ2v) is 24.2. The maximum absolute atomic E-state index is 6.47. The molecule has 4 nitrogen and oxygen atoms in total. The van der Waals surface area contributed by atoms with Gasteiger partial charge in [0.1, 0.15) is 11.2 Å². The lowest BCUT2D eigenvalue weighted by molar-refractivity contribution is 0.198. The number of hydrogen-bond donors (Lipinski definition) is 0. The maximum Gasteiger partial charge on any atom is 0.130 e. The lowest BCUT2D eigenvalue weighted by atomic mass is 9.65. The van der Waals surface area contributed by atoms with Crippen molar-refractivity contribution in [2.75, 3.05) is 0 Å². The molecule has 0 amide bonds. The molecule has 2 fully saturated rings. The summed E-state index contributed by atoms with van der Waals surface area (Å²) in [5.41, 5.74) is 12.5. The van der Waals surface area contributed by atoms with E-state index in [4.69, 9.17) is 4.42 Å². The molecular weight excluding hydrogens is 851 g/mol. The van der Waals surface area contributed by atoms with Crippen molar-refractivity contribution >= 4 is 12.2 Å². The predicted molar refractivity (Wildman–Crippen MR) is 285 cm³/mol. The second kappa shape index (κ2) is 17.4. The van der Waals surface area contributed by atoms with Gasteiger partial charge in [-0.25, -0.2) is 0 Å². The standard InChI is InChI=1S/C66H75N3O/c1-3-15-48(16-4-1)67-59-23-10-7-20-51(59)54-37-43(26-31-61(54)67)45-28-33-63-56(39-45)57-40-46(44-27-32-62-55(38-44)52-21-8-11-24-60(52)68(62)49-17-5-2-6-18-49)29-34-64(57)69(63)50-19-13-14-42(36-50)47-30-35-66-58(41-47)53-22-9-12-25-65(53)70-66/h1-3,5,10-11,13-15,17,19,23-24,26,28-29,31,33-35,38,41-47,52,54,56-57,60-64H,4,6-9,12,16,18,20-22,25,27,30,32,36-37,39-40H2. The van der Waals surface area contributed by atoms with Crippen LogP contribution in [0.25, 0.3) is 12.2 Å². The van der Waals surface area contributed by atoms with Crippen molar-refractivity contribution in [3.05, 3.63) is 177 Å². The predicted octanol–water partition coefficient (Wildman–Crippen LogP) is 12.9. The third-order valence-electron chi connectivity index (χ3n) is 20.9. The van der Waals surface area contributed by atoms with Crippen molar-refractivity contribution in [2.24, 2.45) is 59.2 Å². The van der Waals surface area contributed by atoms with Gasteiger partial charge < -0.3 is 19.1 Å². The number of hydrogen-bond acceptors (Lipinski definition) is 4. The Balaban J connectivity index is 0.736. The molecule has 14 aliphatic rings. The monoisotopic (exact) mass is 926 g/mol. The summed E-state index contributed by atoms with van der Waals surface area (Å²) in [6, 6.07) is 2.57. The zero-order chi connectivity index (χ0) is 45.9. The molecular formula is C66H75N3O. The fraction of sp³-hybridized carbons (Fsp3) is 0.515. The third-order valence-corrected chi connectivity index (χ3v) is 20.9. The molecule has 3 aliphatic heterocycles. The average Bonchev–Trinajstić information content (AvgIpc) is 4.17. The van der Waals surface area contributed by atoms with Gasteiger partial charge >= 0.3 is 0 Å². The van der Waals surface area contributed by atoms with Gasteiger partial charge in [-0.05, 0) is 204 Å². The first kappa shape index (κ1) is 42.7. The van der Waals surface area contributed by atoms with Gasteiger partial charge in [-0.15, -0.1) is 0 Å². The first-order valence-corrected chi connectivity index (χ1v) is 28.8. The lowest BCUT2D eigenvalue weighted by Crippen LogP contribution is -2.40. The Hall–Kier alpha value is -4.96. The van der Waals surface area contributed by atoms with Gasteiger partial charge in [0.25, 0.3) is 0 Å². The Bertz CT molecular complexity index is 2860. The van der Waals surface area contributed by atoms with Crippen molar-refractivity contribution < 1.29 is 4.42 Å². The van der Waals surface area contributed by atoms with Crippen LogP contribution in [0, 0.1) is 59.2 Å². The normalized spacial score (nSPS) is 40.5. The van der Waals surface area contributed by atoms with E-state index in [0.29, 0.717) is 89.4 Å². The molecule has 15 atom stereocenters. The topological polar surface area (TPSA) is 22.9 Å². The van der Waals surface area contributed by atoms with Gasteiger partial charge in [-0.1, -0.05) is 103 Å². The number of nitrogens with zero attached hydrogens (tertiary/aromatic N) is 3. The highest BCUT2D eigenvalue weighted by Gasteiger charge is 2.54. The number of aryl methyl sites for hydroxylation is 1. The molecule has 0 N–H and O–H groups in total. The van der Waals surface area contributed by atoms with Crippen LogP contribution < -0.4 is 10.6 Å². The fourth-order valence-electron chi connectivity index (χ4n) is 17.7. The summed E-state index contributed by atoms with van der Waals surface area (Å²) in [6.45, 7) is 0. The summed E-state index contributed by atoms with van der Waals surface area (Å²) in [5, 5.41) is 1.44. The highest BCUT2D eigenvalue weighted by atomic mass is 16.3. The van der Waals surface area contributed by atoms with Crippen molar-refractivity contribution in [1.29, 1.82) is 0 Å². The molecule has 15 rings (SSSR count). The first-order valence-electron chi connectivity index (χ1n) is 28.8. The molecule has 0 aromatic carbocycles. The van der Waals surface area contributed by atoms with Gasteiger partial charge in [0.05, 0.1) is 30.2 Å². The molecule has 0 bridgehead atoms. The molecule has 360 valence electrons.